The van der Waals surface area contributed by atoms with Crippen LogP contribution in [0.15, 0.2) is 41.0 Å². The minimum atomic E-state index is 0.162. The topological polar surface area (TPSA) is 63.2 Å². The molecule has 1 atom stereocenters. The van der Waals surface area contributed by atoms with E-state index in [1.54, 1.807) is 6.20 Å². The molecule has 1 saturated carbocycles. The van der Waals surface area contributed by atoms with E-state index in [0.717, 1.165) is 34.5 Å². The van der Waals surface area contributed by atoms with Crippen molar-refractivity contribution in [2.75, 3.05) is 29.9 Å². The standard InChI is InChI=1S/C24H28BrN5O/c1-16-15-30(11-12-31-16)24-28-22-21(13-19(25)14-26-22)23(29-24)27-20-9-7-18(8-10-20)17-5-3-2-4-6-17/h7-10,13-14,16-17H,2-6,11-12,15H2,1H3,(H,26,27,28,29)/t16-/m1/s1. The fourth-order valence-electron chi connectivity index (χ4n) is 4.62. The molecule has 0 unspecified atom stereocenters. The zero-order chi connectivity index (χ0) is 21.2. The Labute approximate surface area is 191 Å². The maximum Gasteiger partial charge on any atom is 0.229 e. The number of hydrogen-bond acceptors (Lipinski definition) is 6. The first kappa shape index (κ1) is 20.6. The van der Waals surface area contributed by atoms with Crippen molar-refractivity contribution in [3.8, 4) is 0 Å². The lowest BCUT2D eigenvalue weighted by atomic mass is 9.84. The van der Waals surface area contributed by atoms with Crippen molar-refractivity contribution in [1.29, 1.82) is 0 Å². The summed E-state index contributed by atoms with van der Waals surface area (Å²) in [5, 5.41) is 4.42. The van der Waals surface area contributed by atoms with Gasteiger partial charge < -0.3 is 15.0 Å². The number of hydrogen-bond donors (Lipinski definition) is 1. The van der Waals surface area contributed by atoms with Gasteiger partial charge in [0, 0.05) is 29.4 Å². The van der Waals surface area contributed by atoms with Crippen LogP contribution in [-0.2, 0) is 4.74 Å². The molecule has 2 aromatic heterocycles. The third-order valence-corrected chi connectivity index (χ3v) is 6.71. The van der Waals surface area contributed by atoms with Crippen molar-refractivity contribution in [3.63, 3.8) is 0 Å². The summed E-state index contributed by atoms with van der Waals surface area (Å²) in [4.78, 5) is 16.3. The monoisotopic (exact) mass is 481 g/mol. The fraction of sp³-hybridized carbons (Fsp3) is 0.458. The highest BCUT2D eigenvalue weighted by Crippen LogP contribution is 2.34. The zero-order valence-electron chi connectivity index (χ0n) is 17.9. The van der Waals surface area contributed by atoms with Crippen molar-refractivity contribution in [2.24, 2.45) is 0 Å². The van der Waals surface area contributed by atoms with E-state index in [1.165, 1.54) is 37.7 Å². The molecule has 3 aromatic rings. The Morgan fingerprint density at radius 2 is 1.90 bits per heavy atom. The van der Waals surface area contributed by atoms with E-state index in [-0.39, 0.29) is 6.10 Å². The quantitative estimate of drug-likeness (QED) is 0.507. The average molecular weight is 482 g/mol. The van der Waals surface area contributed by atoms with Crippen LogP contribution in [-0.4, -0.2) is 40.8 Å². The molecule has 0 spiro atoms. The average Bonchev–Trinajstić information content (AvgIpc) is 2.80. The van der Waals surface area contributed by atoms with Gasteiger partial charge in [0.25, 0.3) is 0 Å². The summed E-state index contributed by atoms with van der Waals surface area (Å²) in [5.74, 6) is 2.18. The molecule has 5 rings (SSSR count). The van der Waals surface area contributed by atoms with E-state index in [2.05, 4.69) is 62.3 Å². The minimum absolute atomic E-state index is 0.162. The zero-order valence-corrected chi connectivity index (χ0v) is 19.4. The smallest absolute Gasteiger partial charge is 0.229 e. The predicted molar refractivity (Wildman–Crippen MR) is 128 cm³/mol. The van der Waals surface area contributed by atoms with E-state index >= 15 is 0 Å². The third-order valence-electron chi connectivity index (χ3n) is 6.28. The van der Waals surface area contributed by atoms with Gasteiger partial charge in [0.15, 0.2) is 5.65 Å². The van der Waals surface area contributed by atoms with Crippen LogP contribution in [0.5, 0.6) is 0 Å². The van der Waals surface area contributed by atoms with Crippen molar-refractivity contribution in [1.82, 2.24) is 15.0 Å². The molecule has 1 aliphatic carbocycles. The highest BCUT2D eigenvalue weighted by atomic mass is 79.9. The van der Waals surface area contributed by atoms with Crippen molar-refractivity contribution in [2.45, 2.75) is 51.0 Å². The van der Waals surface area contributed by atoms with Gasteiger partial charge >= 0.3 is 0 Å². The van der Waals surface area contributed by atoms with Crippen LogP contribution in [0.2, 0.25) is 0 Å². The second kappa shape index (κ2) is 9.09. The number of halogens is 1. The maximum atomic E-state index is 5.69. The molecule has 0 amide bonds. The number of anilines is 3. The number of fused-ring (bicyclic) bond motifs is 1. The lowest BCUT2D eigenvalue weighted by molar-refractivity contribution is 0.0526. The molecule has 1 saturated heterocycles. The number of nitrogens with zero attached hydrogens (tertiary/aromatic N) is 4. The summed E-state index contributed by atoms with van der Waals surface area (Å²) < 4.78 is 6.59. The molecule has 1 aromatic carbocycles. The SMILES string of the molecule is C[C@@H]1CN(c2nc(Nc3ccc(C4CCCCC4)cc3)c3cc(Br)cnc3n2)CCO1. The third kappa shape index (κ3) is 4.67. The summed E-state index contributed by atoms with van der Waals surface area (Å²) in [6, 6.07) is 10.9. The van der Waals surface area contributed by atoms with Crippen molar-refractivity contribution in [3.05, 3.63) is 46.6 Å². The van der Waals surface area contributed by atoms with Gasteiger partial charge in [-0.25, -0.2) is 4.98 Å². The van der Waals surface area contributed by atoms with E-state index in [0.29, 0.717) is 24.1 Å². The molecule has 0 bridgehead atoms. The second-order valence-electron chi connectivity index (χ2n) is 8.61. The van der Waals surface area contributed by atoms with Gasteiger partial charge in [-0.1, -0.05) is 31.4 Å². The largest absolute Gasteiger partial charge is 0.375 e. The van der Waals surface area contributed by atoms with E-state index in [1.807, 2.05) is 6.07 Å². The lowest BCUT2D eigenvalue weighted by Crippen LogP contribution is -2.42. The maximum absolute atomic E-state index is 5.69. The van der Waals surface area contributed by atoms with Crippen LogP contribution in [0, 0.1) is 0 Å². The number of rotatable bonds is 4. The van der Waals surface area contributed by atoms with Gasteiger partial charge in [-0.05, 0) is 65.4 Å². The molecule has 2 aliphatic rings. The minimum Gasteiger partial charge on any atom is -0.375 e. The number of ether oxygens (including phenoxy) is 1. The Kier molecular flexibility index (Phi) is 6.05. The van der Waals surface area contributed by atoms with Gasteiger partial charge in [0.2, 0.25) is 5.95 Å². The summed E-state index contributed by atoms with van der Waals surface area (Å²) >= 11 is 3.54. The van der Waals surface area contributed by atoms with Gasteiger partial charge in [-0.2, -0.15) is 9.97 Å². The molecule has 162 valence electrons. The van der Waals surface area contributed by atoms with Crippen molar-refractivity contribution < 1.29 is 4.74 Å². The lowest BCUT2D eigenvalue weighted by Gasteiger charge is -2.31. The fourth-order valence-corrected chi connectivity index (χ4v) is 4.95. The highest BCUT2D eigenvalue weighted by Gasteiger charge is 2.21. The van der Waals surface area contributed by atoms with Crippen LogP contribution in [0.25, 0.3) is 11.0 Å². The molecule has 2 fully saturated rings. The van der Waals surface area contributed by atoms with E-state index < -0.39 is 0 Å². The molecule has 6 nitrogen and oxygen atoms in total. The summed E-state index contributed by atoms with van der Waals surface area (Å²) in [6.45, 7) is 4.32. The molecule has 1 aliphatic heterocycles. The highest BCUT2D eigenvalue weighted by molar-refractivity contribution is 9.10. The summed E-state index contributed by atoms with van der Waals surface area (Å²) in [5.41, 5.74) is 3.17. The van der Waals surface area contributed by atoms with Crippen molar-refractivity contribution >= 4 is 44.4 Å². The summed E-state index contributed by atoms with van der Waals surface area (Å²) in [7, 11) is 0. The van der Waals surface area contributed by atoms with E-state index in [4.69, 9.17) is 14.7 Å². The molecular weight excluding hydrogens is 454 g/mol. The molecule has 3 heterocycles. The number of morpholine rings is 1. The number of nitrogens with one attached hydrogen (secondary N) is 1. The Hall–Kier alpha value is -2.25. The summed E-state index contributed by atoms with van der Waals surface area (Å²) in [6.07, 6.45) is 8.64. The normalized spacial score (nSPS) is 20.2. The second-order valence-corrected chi connectivity index (χ2v) is 9.52. The Balaban J connectivity index is 1.45. The molecule has 1 N–H and O–H groups in total. The van der Waals surface area contributed by atoms with Gasteiger partial charge in [0.1, 0.15) is 5.82 Å². The first-order chi connectivity index (χ1) is 15.2. The number of aromatic nitrogens is 3. The van der Waals surface area contributed by atoms with E-state index in [9.17, 15) is 0 Å². The van der Waals surface area contributed by atoms with Crippen LogP contribution in [0.4, 0.5) is 17.5 Å². The predicted octanol–water partition coefficient (Wildman–Crippen LogP) is 5.80. The Morgan fingerprint density at radius 3 is 2.68 bits per heavy atom. The van der Waals surface area contributed by atoms with Crippen LogP contribution in [0.1, 0.15) is 50.5 Å². The first-order valence-electron chi connectivity index (χ1n) is 11.2. The molecular formula is C24H28BrN5O. The molecule has 0 radical (unpaired) electrons. The Bertz CT molecular complexity index is 1050. The van der Waals surface area contributed by atoms with Crippen LogP contribution < -0.4 is 10.2 Å². The van der Waals surface area contributed by atoms with Crippen LogP contribution in [0.3, 0.4) is 0 Å². The molecule has 7 heteroatoms. The Morgan fingerprint density at radius 1 is 1.10 bits per heavy atom. The van der Waals surface area contributed by atoms with Crippen LogP contribution >= 0.6 is 15.9 Å². The molecule has 31 heavy (non-hydrogen) atoms. The first-order valence-corrected chi connectivity index (χ1v) is 12.0. The number of pyridine rings is 1. The van der Waals surface area contributed by atoms with Gasteiger partial charge in [-0.3, -0.25) is 0 Å². The van der Waals surface area contributed by atoms with Gasteiger partial charge in [0.05, 0.1) is 18.1 Å². The number of benzene rings is 1. The van der Waals surface area contributed by atoms with Gasteiger partial charge in [-0.15, -0.1) is 0 Å².